The SMILES string of the molecule is OC(CSc1cccc(F)c1)c1ccc(C2CCC2)cc1. The van der Waals surface area contributed by atoms with E-state index in [0.29, 0.717) is 5.75 Å². The first-order chi connectivity index (χ1) is 10.2. The van der Waals surface area contributed by atoms with E-state index in [1.807, 2.05) is 18.2 Å². The van der Waals surface area contributed by atoms with Gasteiger partial charge < -0.3 is 5.11 Å². The van der Waals surface area contributed by atoms with Crippen molar-refractivity contribution >= 4 is 11.8 Å². The molecule has 0 radical (unpaired) electrons. The van der Waals surface area contributed by atoms with Crippen molar-refractivity contribution in [1.29, 1.82) is 0 Å². The number of aliphatic hydroxyl groups excluding tert-OH is 1. The standard InChI is InChI=1S/C18H19FOS/c19-16-5-2-6-17(11-16)21-12-18(20)15-9-7-14(8-10-15)13-3-1-4-13/h2,5-11,13,18,20H,1,3-4,12H2. The lowest BCUT2D eigenvalue weighted by molar-refractivity contribution is 0.204. The van der Waals surface area contributed by atoms with Crippen molar-refractivity contribution in [1.82, 2.24) is 0 Å². The van der Waals surface area contributed by atoms with Crippen molar-refractivity contribution in [3.63, 3.8) is 0 Å². The quantitative estimate of drug-likeness (QED) is 0.791. The maximum absolute atomic E-state index is 13.1. The second kappa shape index (κ2) is 6.63. The van der Waals surface area contributed by atoms with E-state index in [4.69, 9.17) is 0 Å². The van der Waals surface area contributed by atoms with Crippen molar-refractivity contribution in [2.75, 3.05) is 5.75 Å². The van der Waals surface area contributed by atoms with Crippen LogP contribution in [-0.4, -0.2) is 10.9 Å². The van der Waals surface area contributed by atoms with Gasteiger partial charge in [-0.1, -0.05) is 36.8 Å². The molecule has 2 aromatic carbocycles. The van der Waals surface area contributed by atoms with Crippen LogP contribution in [-0.2, 0) is 0 Å². The lowest BCUT2D eigenvalue weighted by Gasteiger charge is -2.26. The molecule has 3 rings (SSSR count). The van der Waals surface area contributed by atoms with Gasteiger partial charge in [0.05, 0.1) is 6.10 Å². The summed E-state index contributed by atoms with van der Waals surface area (Å²) in [6, 6.07) is 14.8. The van der Waals surface area contributed by atoms with E-state index in [1.54, 1.807) is 6.07 Å². The number of benzene rings is 2. The molecule has 1 fully saturated rings. The normalized spacial score (nSPS) is 16.5. The number of hydrogen-bond donors (Lipinski definition) is 1. The van der Waals surface area contributed by atoms with Crippen LogP contribution in [0.25, 0.3) is 0 Å². The minimum absolute atomic E-state index is 0.237. The lowest BCUT2D eigenvalue weighted by atomic mass is 9.80. The van der Waals surface area contributed by atoms with Gasteiger partial charge in [-0.15, -0.1) is 11.8 Å². The highest BCUT2D eigenvalue weighted by molar-refractivity contribution is 7.99. The van der Waals surface area contributed by atoms with Gasteiger partial charge in [0, 0.05) is 10.6 Å². The smallest absolute Gasteiger partial charge is 0.124 e. The Kier molecular flexibility index (Phi) is 4.61. The van der Waals surface area contributed by atoms with E-state index in [0.717, 1.165) is 16.4 Å². The first-order valence-electron chi connectivity index (χ1n) is 7.38. The van der Waals surface area contributed by atoms with Crippen molar-refractivity contribution in [3.8, 4) is 0 Å². The number of hydrogen-bond acceptors (Lipinski definition) is 2. The van der Waals surface area contributed by atoms with E-state index in [9.17, 15) is 9.50 Å². The van der Waals surface area contributed by atoms with Gasteiger partial charge in [-0.25, -0.2) is 4.39 Å². The Labute approximate surface area is 129 Å². The number of halogens is 1. The topological polar surface area (TPSA) is 20.2 Å². The monoisotopic (exact) mass is 302 g/mol. The van der Waals surface area contributed by atoms with Gasteiger partial charge in [0.25, 0.3) is 0 Å². The van der Waals surface area contributed by atoms with Crippen LogP contribution in [0.4, 0.5) is 4.39 Å². The van der Waals surface area contributed by atoms with Gasteiger partial charge in [-0.05, 0) is 48.1 Å². The Morgan fingerprint density at radius 2 is 1.90 bits per heavy atom. The summed E-state index contributed by atoms with van der Waals surface area (Å²) in [4.78, 5) is 0.847. The Bertz CT molecular complexity index is 592. The van der Waals surface area contributed by atoms with Gasteiger partial charge in [-0.3, -0.25) is 0 Å². The summed E-state index contributed by atoms with van der Waals surface area (Å²) < 4.78 is 13.1. The summed E-state index contributed by atoms with van der Waals surface area (Å²) in [5.74, 6) is 1.02. The van der Waals surface area contributed by atoms with Gasteiger partial charge in [0.15, 0.2) is 0 Å². The van der Waals surface area contributed by atoms with Crippen LogP contribution >= 0.6 is 11.8 Å². The summed E-state index contributed by atoms with van der Waals surface area (Å²) >= 11 is 1.47. The highest BCUT2D eigenvalue weighted by Gasteiger charge is 2.19. The maximum Gasteiger partial charge on any atom is 0.124 e. The van der Waals surface area contributed by atoms with E-state index in [-0.39, 0.29) is 5.82 Å². The van der Waals surface area contributed by atoms with Gasteiger partial charge in [-0.2, -0.15) is 0 Å². The molecule has 1 aliphatic carbocycles. The Morgan fingerprint density at radius 1 is 1.14 bits per heavy atom. The molecule has 0 spiro atoms. The number of thioether (sulfide) groups is 1. The molecule has 0 heterocycles. The zero-order valence-corrected chi connectivity index (χ0v) is 12.7. The largest absolute Gasteiger partial charge is 0.388 e. The van der Waals surface area contributed by atoms with E-state index < -0.39 is 6.10 Å². The predicted molar refractivity (Wildman–Crippen MR) is 85.1 cm³/mol. The average Bonchev–Trinajstić information content (AvgIpc) is 2.44. The zero-order valence-electron chi connectivity index (χ0n) is 11.8. The van der Waals surface area contributed by atoms with E-state index in [1.165, 1.54) is 48.7 Å². The van der Waals surface area contributed by atoms with Crippen molar-refractivity contribution in [2.24, 2.45) is 0 Å². The Balaban J connectivity index is 1.58. The van der Waals surface area contributed by atoms with Crippen molar-refractivity contribution in [2.45, 2.75) is 36.2 Å². The molecule has 1 unspecified atom stereocenters. The second-order valence-electron chi connectivity index (χ2n) is 5.58. The highest BCUT2D eigenvalue weighted by atomic mass is 32.2. The van der Waals surface area contributed by atoms with Gasteiger partial charge in [0.2, 0.25) is 0 Å². The molecule has 0 amide bonds. The Morgan fingerprint density at radius 3 is 2.52 bits per heavy atom. The van der Waals surface area contributed by atoms with Crippen LogP contribution in [0.3, 0.4) is 0 Å². The first-order valence-corrected chi connectivity index (χ1v) is 8.37. The fourth-order valence-corrected chi connectivity index (χ4v) is 3.47. The fourth-order valence-electron chi connectivity index (χ4n) is 2.56. The molecule has 0 aliphatic heterocycles. The molecule has 1 aliphatic rings. The molecule has 1 nitrogen and oxygen atoms in total. The van der Waals surface area contributed by atoms with Crippen LogP contribution in [0.5, 0.6) is 0 Å². The lowest BCUT2D eigenvalue weighted by Crippen LogP contribution is -2.09. The van der Waals surface area contributed by atoms with Crippen LogP contribution < -0.4 is 0 Å². The number of rotatable bonds is 5. The van der Waals surface area contributed by atoms with Crippen LogP contribution in [0, 0.1) is 5.82 Å². The molecule has 0 saturated heterocycles. The number of aliphatic hydroxyl groups is 1. The Hall–Kier alpha value is -1.32. The third kappa shape index (κ3) is 3.66. The summed E-state index contributed by atoms with van der Waals surface area (Å²) in [7, 11) is 0. The first kappa shape index (κ1) is 14.6. The predicted octanol–water partition coefficient (Wildman–Crippen LogP) is 4.92. The minimum atomic E-state index is -0.520. The van der Waals surface area contributed by atoms with Crippen LogP contribution in [0.1, 0.15) is 42.4 Å². The molecule has 3 heteroatoms. The van der Waals surface area contributed by atoms with Crippen LogP contribution in [0.2, 0.25) is 0 Å². The van der Waals surface area contributed by atoms with Crippen molar-refractivity contribution < 1.29 is 9.50 Å². The van der Waals surface area contributed by atoms with E-state index in [2.05, 4.69) is 12.1 Å². The summed E-state index contributed by atoms with van der Waals surface area (Å²) in [6.45, 7) is 0. The van der Waals surface area contributed by atoms with E-state index >= 15 is 0 Å². The molecule has 1 atom stereocenters. The molecular formula is C18H19FOS. The molecule has 1 N–H and O–H groups in total. The average molecular weight is 302 g/mol. The van der Waals surface area contributed by atoms with Gasteiger partial charge >= 0.3 is 0 Å². The summed E-state index contributed by atoms with van der Waals surface area (Å²) in [6.07, 6.45) is 3.39. The third-order valence-corrected chi connectivity index (χ3v) is 5.17. The van der Waals surface area contributed by atoms with Crippen LogP contribution in [0.15, 0.2) is 53.4 Å². The molecule has 0 bridgehead atoms. The second-order valence-corrected chi connectivity index (χ2v) is 6.67. The summed E-state index contributed by atoms with van der Waals surface area (Å²) in [5.41, 5.74) is 2.32. The fraction of sp³-hybridized carbons (Fsp3) is 0.333. The third-order valence-electron chi connectivity index (χ3n) is 4.10. The molecular weight excluding hydrogens is 283 g/mol. The molecule has 110 valence electrons. The molecule has 0 aromatic heterocycles. The van der Waals surface area contributed by atoms with Crippen molar-refractivity contribution in [3.05, 3.63) is 65.5 Å². The summed E-state index contributed by atoms with van der Waals surface area (Å²) in [5, 5.41) is 10.2. The highest BCUT2D eigenvalue weighted by Crippen LogP contribution is 2.36. The maximum atomic E-state index is 13.1. The molecule has 21 heavy (non-hydrogen) atoms. The zero-order chi connectivity index (χ0) is 14.7. The molecule has 2 aromatic rings. The van der Waals surface area contributed by atoms with Gasteiger partial charge in [0.1, 0.15) is 5.82 Å². The minimum Gasteiger partial charge on any atom is -0.388 e. The molecule has 1 saturated carbocycles.